The van der Waals surface area contributed by atoms with E-state index in [4.69, 9.17) is 0 Å². The second-order valence-electron chi connectivity index (χ2n) is 17.0. The van der Waals surface area contributed by atoms with Crippen LogP contribution in [0.15, 0.2) is 11.6 Å². The van der Waals surface area contributed by atoms with Crippen molar-refractivity contribution in [3.05, 3.63) is 11.6 Å². The minimum absolute atomic E-state index is 0.0340. The van der Waals surface area contributed by atoms with Crippen molar-refractivity contribution >= 4 is 17.5 Å². The third-order valence-electron chi connectivity index (χ3n) is 15.2. The average molecular weight is 587 g/mol. The highest BCUT2D eigenvalue weighted by molar-refractivity contribution is 6.05. The summed E-state index contributed by atoms with van der Waals surface area (Å²) < 4.78 is 43.1. The van der Waals surface area contributed by atoms with E-state index in [0.717, 1.165) is 11.3 Å². The molecule has 4 saturated carbocycles. The molecule has 230 valence electrons. The number of Topliss-reactive ketones (excluding diaryl/α,β-unsaturated/α-hetero) is 2. The van der Waals surface area contributed by atoms with E-state index >= 15 is 4.79 Å². The number of hydrogen-bond donors (Lipinski definition) is 0. The third-order valence-corrected chi connectivity index (χ3v) is 15.2. The van der Waals surface area contributed by atoms with Crippen LogP contribution in [0.2, 0.25) is 0 Å². The summed E-state index contributed by atoms with van der Waals surface area (Å²) in [5.74, 6) is -1.68. The van der Waals surface area contributed by atoms with Gasteiger partial charge in [0, 0.05) is 23.2 Å². The highest BCUT2D eigenvalue weighted by Gasteiger charge is 2.85. The van der Waals surface area contributed by atoms with E-state index in [2.05, 4.69) is 40.7 Å². The number of likely N-dealkylation sites (tertiary alicyclic amines) is 1. The summed E-state index contributed by atoms with van der Waals surface area (Å²) in [6.07, 6.45) is 1.29. The van der Waals surface area contributed by atoms with E-state index in [1.165, 1.54) is 0 Å². The number of allylic oxidation sites excluding steroid dienone is 2. The van der Waals surface area contributed by atoms with Gasteiger partial charge in [-0.1, -0.05) is 61.5 Å². The van der Waals surface area contributed by atoms with E-state index in [-0.39, 0.29) is 34.9 Å². The van der Waals surface area contributed by atoms with E-state index in [0.29, 0.717) is 38.5 Å². The van der Waals surface area contributed by atoms with E-state index < -0.39 is 62.6 Å². The van der Waals surface area contributed by atoms with Gasteiger partial charge in [-0.25, -0.2) is 0 Å². The number of hydrogen-bond acceptors (Lipinski definition) is 4. The Balaban J connectivity index is 1.61. The summed E-state index contributed by atoms with van der Waals surface area (Å²) in [6, 6.07) is 2.13. The minimum Gasteiger partial charge on any atom is -0.319 e. The van der Waals surface area contributed by atoms with Crippen LogP contribution < -0.4 is 0 Å². The fourth-order valence-corrected chi connectivity index (χ4v) is 12.2. The Morgan fingerprint density at radius 3 is 2.07 bits per heavy atom. The van der Waals surface area contributed by atoms with Crippen LogP contribution in [0.3, 0.4) is 0 Å². The maximum Gasteiger partial charge on any atom is 0.406 e. The molecule has 0 aromatic heterocycles. The number of amides is 1. The normalized spacial score (nSPS) is 48.9. The van der Waals surface area contributed by atoms with Crippen LogP contribution in [0.4, 0.5) is 13.2 Å². The zero-order valence-electron chi connectivity index (χ0n) is 26.3. The molecule has 0 aromatic carbocycles. The van der Waals surface area contributed by atoms with Gasteiger partial charge in [-0.15, -0.1) is 0 Å². The van der Waals surface area contributed by atoms with Crippen molar-refractivity contribution < 1.29 is 27.6 Å². The molecule has 1 spiro atoms. The Morgan fingerprint density at radius 1 is 0.881 bits per heavy atom. The second kappa shape index (κ2) is 7.91. The van der Waals surface area contributed by atoms with Crippen LogP contribution in [0.25, 0.3) is 0 Å². The highest BCUT2D eigenvalue weighted by atomic mass is 19.4. The molecule has 6 rings (SSSR count). The monoisotopic (exact) mass is 586 g/mol. The van der Waals surface area contributed by atoms with Gasteiger partial charge in [0.1, 0.15) is 18.2 Å². The molecule has 0 aromatic rings. The molecule has 0 radical (unpaired) electrons. The van der Waals surface area contributed by atoms with Crippen molar-refractivity contribution in [2.75, 3.05) is 6.54 Å². The van der Waals surface area contributed by atoms with Crippen molar-refractivity contribution in [1.82, 2.24) is 4.90 Å². The van der Waals surface area contributed by atoms with Gasteiger partial charge in [0.25, 0.3) is 0 Å². The van der Waals surface area contributed by atoms with Gasteiger partial charge < -0.3 is 4.90 Å². The fourth-order valence-electron chi connectivity index (χ4n) is 12.2. The molecule has 0 N–H and O–H groups in total. The van der Waals surface area contributed by atoms with Gasteiger partial charge in [-0.3, -0.25) is 14.4 Å². The smallest absolute Gasteiger partial charge is 0.319 e. The molecule has 5 nitrogen and oxygen atoms in total. The lowest BCUT2D eigenvalue weighted by Crippen LogP contribution is -2.78. The molecular formula is C34H45F3N2O3. The van der Waals surface area contributed by atoms with Crippen LogP contribution in [-0.2, 0) is 14.4 Å². The molecule has 8 heteroatoms. The summed E-state index contributed by atoms with van der Waals surface area (Å²) in [5, 5.41) is 10.0. The molecule has 5 fully saturated rings. The summed E-state index contributed by atoms with van der Waals surface area (Å²) in [7, 11) is 0. The largest absolute Gasteiger partial charge is 0.406 e. The Labute approximate surface area is 247 Å². The quantitative estimate of drug-likeness (QED) is 0.326. The minimum atomic E-state index is -4.63. The maximum absolute atomic E-state index is 15.1. The second-order valence-corrected chi connectivity index (χ2v) is 17.0. The Kier molecular flexibility index (Phi) is 5.63. The zero-order valence-corrected chi connectivity index (χ0v) is 26.3. The summed E-state index contributed by atoms with van der Waals surface area (Å²) in [5.41, 5.74) is -6.21. The number of halogens is 3. The van der Waals surface area contributed by atoms with Gasteiger partial charge in [-0.05, 0) is 72.5 Å². The molecule has 1 aliphatic heterocycles. The van der Waals surface area contributed by atoms with E-state index in [1.807, 2.05) is 20.8 Å². The summed E-state index contributed by atoms with van der Waals surface area (Å²) in [4.78, 5) is 44.0. The lowest BCUT2D eigenvalue weighted by atomic mass is 9.28. The lowest BCUT2D eigenvalue weighted by Gasteiger charge is -2.75. The maximum atomic E-state index is 15.1. The lowest BCUT2D eigenvalue weighted by molar-refractivity contribution is -0.255. The Bertz CT molecular complexity index is 1390. The average Bonchev–Trinajstić information content (AvgIpc) is 3.02. The molecule has 1 heterocycles. The first kappa shape index (κ1) is 29.9. The standard InChI is InChI=1S/C34H45F3N2O3/c1-26(2)9-13-32-14-12-31(8)28(5)10-11-30(7)27(3,4)24(41)20(18-38)16-29(30,6)21(28)15-23(40)34(31,22(32)17-26)39(25(32)42)19-33(35,36)37/h16,21-22H,9-15,17,19H2,1-8H3/t21-,22?,28+,29+,30-,31-,32-,34+/m0/s1. The molecule has 5 aliphatic carbocycles. The number of fused-ring (bicyclic) bond motifs is 4. The van der Waals surface area contributed by atoms with Gasteiger partial charge >= 0.3 is 6.18 Å². The van der Waals surface area contributed by atoms with Crippen molar-refractivity contribution in [3.8, 4) is 6.07 Å². The number of nitrogens with zero attached hydrogens (tertiary/aromatic N) is 2. The first-order valence-electron chi connectivity index (χ1n) is 15.6. The first-order valence-corrected chi connectivity index (χ1v) is 15.6. The SMILES string of the molecule is CC1(C)CC[C@]23CC[C@@]4(C)[C@]5(C)CC[C@@]6(C)C(C)(C)C(=O)C(C#N)=C[C@]6(C)[C@H]5CC(=O)[C@@]4(C2C1)N(CC(F)(F)F)C3=O. The van der Waals surface area contributed by atoms with Crippen LogP contribution in [0, 0.1) is 61.1 Å². The highest BCUT2D eigenvalue weighted by Crippen LogP contribution is 2.81. The number of nitriles is 1. The zero-order chi connectivity index (χ0) is 31.3. The predicted octanol–water partition coefficient (Wildman–Crippen LogP) is 7.20. The molecule has 6 aliphatic rings. The molecule has 2 bridgehead atoms. The van der Waals surface area contributed by atoms with Crippen molar-refractivity contribution in [2.24, 2.45) is 49.7 Å². The van der Waals surface area contributed by atoms with E-state index in [1.54, 1.807) is 6.08 Å². The van der Waals surface area contributed by atoms with Crippen LogP contribution in [0.1, 0.15) is 107 Å². The molecule has 1 amide bonds. The number of carbonyl (C=O) groups is 3. The fraction of sp³-hybridized carbons (Fsp3) is 0.824. The number of carbonyl (C=O) groups excluding carboxylic acids is 3. The van der Waals surface area contributed by atoms with Crippen molar-refractivity contribution in [3.63, 3.8) is 0 Å². The van der Waals surface area contributed by atoms with Crippen LogP contribution in [0.5, 0.6) is 0 Å². The van der Waals surface area contributed by atoms with Gasteiger partial charge in [0.05, 0.1) is 11.0 Å². The van der Waals surface area contributed by atoms with Crippen molar-refractivity contribution in [1.29, 1.82) is 5.26 Å². The molecule has 1 saturated heterocycles. The predicted molar refractivity (Wildman–Crippen MR) is 151 cm³/mol. The number of alkyl halides is 3. The van der Waals surface area contributed by atoms with Crippen LogP contribution in [-0.4, -0.2) is 40.6 Å². The summed E-state index contributed by atoms with van der Waals surface area (Å²) >= 11 is 0. The third kappa shape index (κ3) is 2.95. The van der Waals surface area contributed by atoms with Crippen LogP contribution >= 0.6 is 0 Å². The topological polar surface area (TPSA) is 78.2 Å². The summed E-state index contributed by atoms with van der Waals surface area (Å²) in [6.45, 7) is 14.9. The number of rotatable bonds is 1. The van der Waals surface area contributed by atoms with Gasteiger partial charge in [-0.2, -0.15) is 18.4 Å². The Morgan fingerprint density at radius 2 is 1.48 bits per heavy atom. The van der Waals surface area contributed by atoms with Gasteiger partial charge in [0.2, 0.25) is 5.91 Å². The number of ketones is 2. The first-order chi connectivity index (χ1) is 19.0. The van der Waals surface area contributed by atoms with E-state index in [9.17, 15) is 28.0 Å². The molecular weight excluding hydrogens is 541 g/mol. The van der Waals surface area contributed by atoms with Crippen molar-refractivity contribution in [2.45, 2.75) is 118 Å². The van der Waals surface area contributed by atoms with Gasteiger partial charge in [0.15, 0.2) is 11.6 Å². The molecule has 42 heavy (non-hydrogen) atoms. The molecule has 8 atom stereocenters. The molecule has 1 unspecified atom stereocenters. The Hall–Kier alpha value is -2.17.